The first-order valence-electron chi connectivity index (χ1n) is 13.2. The molecule has 0 spiro atoms. The fourth-order valence-electron chi connectivity index (χ4n) is 4.91. The van der Waals surface area contributed by atoms with Crippen molar-refractivity contribution in [2.24, 2.45) is 0 Å². The molecule has 0 unspecified atom stereocenters. The minimum absolute atomic E-state index is 0.0771. The summed E-state index contributed by atoms with van der Waals surface area (Å²) in [6.07, 6.45) is 0.830. The molecule has 4 nitrogen and oxygen atoms in total. The third-order valence-electron chi connectivity index (χ3n) is 6.86. The molecule has 40 heavy (non-hydrogen) atoms. The van der Waals surface area contributed by atoms with E-state index in [1.165, 1.54) is 24.3 Å². The van der Waals surface area contributed by atoms with Crippen molar-refractivity contribution in [1.29, 1.82) is 0 Å². The molecular formula is C34H29F2NO3. The average molecular weight is 538 g/mol. The van der Waals surface area contributed by atoms with Gasteiger partial charge >= 0.3 is 0 Å². The number of furan rings is 1. The van der Waals surface area contributed by atoms with E-state index in [4.69, 9.17) is 4.42 Å². The first-order valence-corrected chi connectivity index (χ1v) is 13.2. The Hall–Kier alpha value is -4.58. The molecule has 1 aromatic heterocycles. The number of nitrogens with one attached hydrogen (secondary N) is 1. The predicted molar refractivity (Wildman–Crippen MR) is 153 cm³/mol. The summed E-state index contributed by atoms with van der Waals surface area (Å²) in [4.78, 5) is 26.2. The Balaban J connectivity index is 1.45. The molecule has 202 valence electrons. The van der Waals surface area contributed by atoms with Crippen LogP contribution in [0.1, 0.15) is 53.5 Å². The van der Waals surface area contributed by atoms with E-state index < -0.39 is 5.54 Å². The lowest BCUT2D eigenvalue weighted by atomic mass is 9.94. The van der Waals surface area contributed by atoms with Crippen LogP contribution in [0.5, 0.6) is 0 Å². The molecule has 0 bridgehead atoms. The lowest BCUT2D eigenvalue weighted by Crippen LogP contribution is -2.45. The molecule has 5 aromatic rings. The van der Waals surface area contributed by atoms with Crippen molar-refractivity contribution in [3.05, 3.63) is 119 Å². The molecule has 0 aliphatic rings. The lowest BCUT2D eigenvalue weighted by Gasteiger charge is -2.26. The molecular weight excluding hydrogens is 508 g/mol. The summed E-state index contributed by atoms with van der Waals surface area (Å²) in [6.45, 7) is 5.64. The van der Waals surface area contributed by atoms with Gasteiger partial charge in [0.25, 0.3) is 5.91 Å². The van der Waals surface area contributed by atoms with Gasteiger partial charge in [-0.25, -0.2) is 8.78 Å². The summed E-state index contributed by atoms with van der Waals surface area (Å²) < 4.78 is 32.9. The molecule has 6 heteroatoms. The summed E-state index contributed by atoms with van der Waals surface area (Å²) in [5.41, 5.74) is 4.12. The Morgan fingerprint density at radius 1 is 0.800 bits per heavy atom. The molecule has 5 rings (SSSR count). The van der Waals surface area contributed by atoms with Crippen LogP contribution in [0.15, 0.2) is 95.4 Å². The quantitative estimate of drug-likeness (QED) is 0.202. The zero-order valence-electron chi connectivity index (χ0n) is 22.6. The SMILES string of the molecule is CCC(=O)c1c(-c2ccc(F)cc2)oc2ccc(-c3cccc(C(=O)NC(C)(C)Cc4ccc(F)cc4)c3)cc12. The Morgan fingerprint density at radius 3 is 2.10 bits per heavy atom. The average Bonchev–Trinajstić information content (AvgIpc) is 3.33. The molecule has 1 heterocycles. The Bertz CT molecular complexity index is 1700. The van der Waals surface area contributed by atoms with Crippen LogP contribution in [0.4, 0.5) is 8.78 Å². The first kappa shape index (κ1) is 27.0. The molecule has 0 fully saturated rings. The first-order chi connectivity index (χ1) is 19.1. The van der Waals surface area contributed by atoms with E-state index in [0.717, 1.165) is 16.7 Å². The normalized spacial score (nSPS) is 11.5. The number of carbonyl (C=O) groups is 2. The highest BCUT2D eigenvalue weighted by Gasteiger charge is 2.23. The van der Waals surface area contributed by atoms with Gasteiger partial charge in [-0.05, 0) is 97.6 Å². The Kier molecular flexibility index (Phi) is 7.35. The minimum Gasteiger partial charge on any atom is -0.455 e. The van der Waals surface area contributed by atoms with Crippen LogP contribution in [0.2, 0.25) is 0 Å². The van der Waals surface area contributed by atoms with Crippen LogP contribution in [0.25, 0.3) is 33.4 Å². The molecule has 0 saturated carbocycles. The van der Waals surface area contributed by atoms with Gasteiger partial charge in [0, 0.05) is 28.5 Å². The highest BCUT2D eigenvalue weighted by Crippen LogP contribution is 2.37. The second kappa shape index (κ2) is 10.9. The van der Waals surface area contributed by atoms with E-state index in [9.17, 15) is 18.4 Å². The largest absolute Gasteiger partial charge is 0.455 e. The third-order valence-corrected chi connectivity index (χ3v) is 6.86. The highest BCUT2D eigenvalue weighted by atomic mass is 19.1. The van der Waals surface area contributed by atoms with Crippen molar-refractivity contribution in [1.82, 2.24) is 5.32 Å². The van der Waals surface area contributed by atoms with Crippen LogP contribution in [0, 0.1) is 11.6 Å². The predicted octanol–water partition coefficient (Wildman–Crippen LogP) is 8.39. The number of amides is 1. The fraction of sp³-hybridized carbons (Fsp3) is 0.176. The minimum atomic E-state index is -0.563. The van der Waals surface area contributed by atoms with Crippen molar-refractivity contribution in [2.45, 2.75) is 39.2 Å². The van der Waals surface area contributed by atoms with Gasteiger partial charge in [-0.2, -0.15) is 0 Å². The van der Waals surface area contributed by atoms with Gasteiger partial charge in [0.1, 0.15) is 23.0 Å². The number of hydrogen-bond acceptors (Lipinski definition) is 3. The van der Waals surface area contributed by atoms with Gasteiger partial charge in [-0.1, -0.05) is 37.3 Å². The van der Waals surface area contributed by atoms with Gasteiger partial charge in [-0.15, -0.1) is 0 Å². The molecule has 0 radical (unpaired) electrons. The monoisotopic (exact) mass is 537 g/mol. The van der Waals surface area contributed by atoms with Crippen molar-refractivity contribution >= 4 is 22.7 Å². The number of halogens is 2. The summed E-state index contributed by atoms with van der Waals surface area (Å²) in [5, 5.41) is 3.75. The van der Waals surface area contributed by atoms with E-state index in [1.54, 1.807) is 37.3 Å². The smallest absolute Gasteiger partial charge is 0.251 e. The molecule has 0 aliphatic heterocycles. The number of hydrogen-bond donors (Lipinski definition) is 1. The lowest BCUT2D eigenvalue weighted by molar-refractivity contribution is 0.0912. The van der Waals surface area contributed by atoms with E-state index >= 15 is 0 Å². The number of carbonyl (C=O) groups excluding carboxylic acids is 2. The van der Waals surface area contributed by atoms with Gasteiger partial charge in [0.15, 0.2) is 5.78 Å². The van der Waals surface area contributed by atoms with E-state index in [0.29, 0.717) is 39.8 Å². The van der Waals surface area contributed by atoms with Gasteiger partial charge in [0.2, 0.25) is 0 Å². The number of fused-ring (bicyclic) bond motifs is 1. The molecule has 1 amide bonds. The van der Waals surface area contributed by atoms with Crippen molar-refractivity contribution in [3.63, 3.8) is 0 Å². The van der Waals surface area contributed by atoms with Crippen LogP contribution in [-0.2, 0) is 6.42 Å². The van der Waals surface area contributed by atoms with E-state index in [2.05, 4.69) is 5.32 Å². The van der Waals surface area contributed by atoms with Gasteiger partial charge < -0.3 is 9.73 Å². The fourth-order valence-corrected chi connectivity index (χ4v) is 4.91. The number of ketones is 1. The maximum Gasteiger partial charge on any atom is 0.251 e. The maximum atomic E-state index is 13.5. The molecule has 0 saturated heterocycles. The standard InChI is InChI=1S/C34H29F2NO3/c1-4-29(38)31-28-19-24(12-17-30(28)40-32(31)22-10-15-27(36)16-11-22)23-6-5-7-25(18-23)33(39)37-34(2,3)20-21-8-13-26(35)14-9-21/h5-19H,4,20H2,1-3H3,(H,37,39). The summed E-state index contributed by atoms with van der Waals surface area (Å²) in [7, 11) is 0. The van der Waals surface area contributed by atoms with Crippen LogP contribution < -0.4 is 5.32 Å². The highest BCUT2D eigenvalue weighted by molar-refractivity contribution is 6.12. The topological polar surface area (TPSA) is 59.3 Å². The number of Topliss-reactive ketones (excluding diaryl/α,β-unsaturated/α-hetero) is 1. The maximum absolute atomic E-state index is 13.5. The van der Waals surface area contributed by atoms with Crippen molar-refractivity contribution in [2.75, 3.05) is 0 Å². The van der Waals surface area contributed by atoms with E-state index in [1.807, 2.05) is 50.2 Å². The zero-order valence-corrected chi connectivity index (χ0v) is 22.6. The van der Waals surface area contributed by atoms with Gasteiger partial charge in [0.05, 0.1) is 5.56 Å². The molecule has 4 aromatic carbocycles. The van der Waals surface area contributed by atoms with Crippen LogP contribution in [0.3, 0.4) is 0 Å². The molecule has 1 N–H and O–H groups in total. The summed E-state index contributed by atoms with van der Waals surface area (Å²) >= 11 is 0. The zero-order chi connectivity index (χ0) is 28.4. The summed E-state index contributed by atoms with van der Waals surface area (Å²) in [5.74, 6) is -0.553. The Morgan fingerprint density at radius 2 is 1.43 bits per heavy atom. The second-order valence-corrected chi connectivity index (χ2v) is 10.5. The van der Waals surface area contributed by atoms with Crippen molar-refractivity contribution < 1.29 is 22.8 Å². The van der Waals surface area contributed by atoms with Gasteiger partial charge in [-0.3, -0.25) is 9.59 Å². The number of rotatable bonds is 8. The number of benzene rings is 4. The Labute approximate surface area is 231 Å². The third kappa shape index (κ3) is 5.71. The summed E-state index contributed by atoms with van der Waals surface area (Å²) in [6, 6.07) is 25.0. The molecule has 0 atom stereocenters. The van der Waals surface area contributed by atoms with Crippen molar-refractivity contribution in [3.8, 4) is 22.5 Å². The van der Waals surface area contributed by atoms with Crippen LogP contribution in [-0.4, -0.2) is 17.2 Å². The van der Waals surface area contributed by atoms with E-state index in [-0.39, 0.29) is 29.7 Å². The molecule has 0 aliphatic carbocycles. The van der Waals surface area contributed by atoms with Crippen LogP contribution >= 0.6 is 0 Å². The second-order valence-electron chi connectivity index (χ2n) is 10.5.